The second kappa shape index (κ2) is 9.88. The number of aryl methyl sites for hydroxylation is 1. The molecule has 0 aromatic carbocycles. The van der Waals surface area contributed by atoms with Crippen LogP contribution in [0.1, 0.15) is 30.5 Å². The first kappa shape index (κ1) is 23.7. The molecule has 0 bridgehead atoms. The fourth-order valence-electron chi connectivity index (χ4n) is 5.33. The molecule has 2 aliphatic heterocycles. The molecule has 2 aliphatic rings. The van der Waals surface area contributed by atoms with Crippen LogP contribution in [0, 0.1) is 0 Å². The van der Waals surface area contributed by atoms with Gasteiger partial charge in [0.15, 0.2) is 0 Å². The van der Waals surface area contributed by atoms with Gasteiger partial charge in [-0.3, -0.25) is 0 Å². The van der Waals surface area contributed by atoms with Crippen molar-refractivity contribution >= 4 is 39.5 Å². The maximum absolute atomic E-state index is 6.63. The molecule has 1 fully saturated rings. The molecule has 9 heteroatoms. The molecular weight excluding hydrogens is 515 g/mol. The SMILES string of the molecule is COc1ccc2ncc(Cl)c(CC[C@@H]3CC[C@@H]([AsH2])C[N+]3(C)Cc3cc4c(cn3)OCCO4)c2n1. The first-order valence-electron chi connectivity index (χ1n) is 11.8. The second-order valence-electron chi connectivity index (χ2n) is 9.48. The summed E-state index contributed by atoms with van der Waals surface area (Å²) in [6, 6.07) is 6.35. The van der Waals surface area contributed by atoms with Crippen molar-refractivity contribution in [3.63, 3.8) is 0 Å². The Labute approximate surface area is 213 Å². The number of hydrogen-bond acceptors (Lipinski definition) is 6. The predicted octanol–water partition coefficient (Wildman–Crippen LogP) is 3.62. The summed E-state index contributed by atoms with van der Waals surface area (Å²) in [5.41, 5.74) is 3.79. The van der Waals surface area contributed by atoms with E-state index in [4.69, 9.17) is 30.8 Å². The van der Waals surface area contributed by atoms with E-state index in [1.807, 2.05) is 35.2 Å². The number of piperidine rings is 1. The zero-order valence-corrected chi connectivity index (χ0v) is 22.8. The zero-order valence-electron chi connectivity index (χ0n) is 19.7. The summed E-state index contributed by atoms with van der Waals surface area (Å²) in [6.45, 7) is 3.19. The number of methoxy groups -OCH3 is 1. The van der Waals surface area contributed by atoms with Crippen LogP contribution >= 0.6 is 11.6 Å². The van der Waals surface area contributed by atoms with Crippen molar-refractivity contribution in [1.29, 1.82) is 0 Å². The summed E-state index contributed by atoms with van der Waals surface area (Å²) >= 11 is 8.47. The second-order valence-corrected chi connectivity index (χ2v) is 11.9. The van der Waals surface area contributed by atoms with Gasteiger partial charge in [-0.2, -0.15) is 0 Å². The van der Waals surface area contributed by atoms with Crippen LogP contribution in [0.4, 0.5) is 0 Å². The Morgan fingerprint density at radius 3 is 2.79 bits per heavy atom. The quantitative estimate of drug-likeness (QED) is 0.348. The molecule has 34 heavy (non-hydrogen) atoms. The third-order valence-corrected chi connectivity index (χ3v) is 8.56. The van der Waals surface area contributed by atoms with Crippen molar-refractivity contribution < 1.29 is 18.7 Å². The van der Waals surface area contributed by atoms with Gasteiger partial charge in [0, 0.05) is 0 Å². The molecule has 0 saturated carbocycles. The number of nitrogens with zero attached hydrogens (tertiary/aromatic N) is 4. The van der Waals surface area contributed by atoms with Crippen molar-refractivity contribution in [3.8, 4) is 17.4 Å². The minimum atomic E-state index is 0.506. The first-order chi connectivity index (χ1) is 16.4. The summed E-state index contributed by atoms with van der Waals surface area (Å²) in [4.78, 5) is 13.8. The average molecular weight is 546 g/mol. The van der Waals surface area contributed by atoms with Crippen LogP contribution in [0.5, 0.6) is 17.4 Å². The number of ether oxygens (including phenoxy) is 3. The molecule has 2 unspecified atom stereocenters. The Morgan fingerprint density at radius 2 is 1.97 bits per heavy atom. The molecule has 1 saturated heterocycles. The molecule has 7 nitrogen and oxygen atoms in total. The number of hydrogen-bond donors (Lipinski definition) is 0. The van der Waals surface area contributed by atoms with Gasteiger partial charge < -0.3 is 0 Å². The topological polar surface area (TPSA) is 66.4 Å². The third kappa shape index (κ3) is 4.84. The third-order valence-electron chi connectivity index (χ3n) is 7.09. The van der Waals surface area contributed by atoms with Crippen LogP contribution in [-0.4, -0.2) is 76.2 Å². The minimum absolute atomic E-state index is 0.506. The summed E-state index contributed by atoms with van der Waals surface area (Å²) < 4.78 is 18.5. The van der Waals surface area contributed by atoms with Crippen molar-refractivity contribution in [2.45, 2.75) is 43.0 Å². The molecule has 0 amide bonds. The van der Waals surface area contributed by atoms with Gasteiger partial charge >= 0.3 is 214 Å². The van der Waals surface area contributed by atoms with Gasteiger partial charge in [-0.05, 0) is 0 Å². The van der Waals surface area contributed by atoms with Crippen molar-refractivity contribution in [2.24, 2.45) is 0 Å². The molecule has 5 heterocycles. The molecule has 0 radical (unpaired) electrons. The molecule has 0 spiro atoms. The summed E-state index contributed by atoms with van der Waals surface area (Å²) in [5.74, 6) is 2.13. The summed E-state index contributed by atoms with van der Waals surface area (Å²) in [5, 5.41) is 0.670. The predicted molar refractivity (Wildman–Crippen MR) is 135 cm³/mol. The molecule has 0 N–H and O–H groups in total. The van der Waals surface area contributed by atoms with E-state index >= 15 is 0 Å². The van der Waals surface area contributed by atoms with E-state index in [2.05, 4.69) is 23.1 Å². The van der Waals surface area contributed by atoms with Crippen LogP contribution in [0.15, 0.2) is 30.6 Å². The fraction of sp³-hybridized carbons (Fsp3) is 0.480. The van der Waals surface area contributed by atoms with E-state index in [-0.39, 0.29) is 0 Å². The molecule has 0 aliphatic carbocycles. The van der Waals surface area contributed by atoms with E-state index in [1.165, 1.54) is 12.8 Å². The number of quaternary nitrogens is 1. The average Bonchev–Trinajstić information content (AvgIpc) is 2.84. The maximum atomic E-state index is 6.63. The fourth-order valence-corrected chi connectivity index (χ4v) is 6.98. The molecule has 5 rings (SSSR count). The number of rotatable bonds is 6. The van der Waals surface area contributed by atoms with Gasteiger partial charge in [0.05, 0.1) is 0 Å². The number of pyridine rings is 3. The molecule has 4 atom stereocenters. The van der Waals surface area contributed by atoms with E-state index in [9.17, 15) is 0 Å². The van der Waals surface area contributed by atoms with Gasteiger partial charge in [0.2, 0.25) is 0 Å². The van der Waals surface area contributed by atoms with Crippen molar-refractivity contribution in [1.82, 2.24) is 15.0 Å². The number of aromatic nitrogens is 3. The van der Waals surface area contributed by atoms with Gasteiger partial charge in [0.25, 0.3) is 0 Å². The van der Waals surface area contributed by atoms with E-state index in [0.717, 1.165) is 68.9 Å². The Balaban J connectivity index is 1.39. The Morgan fingerprint density at radius 1 is 1.15 bits per heavy atom. The number of halogens is 1. The summed E-state index contributed by atoms with van der Waals surface area (Å²) in [6.07, 6.45) is 7.89. The molecule has 180 valence electrons. The normalized spacial score (nSPS) is 24.2. The molecule has 3 aromatic heterocycles. The van der Waals surface area contributed by atoms with Crippen LogP contribution in [0.25, 0.3) is 11.0 Å². The van der Waals surface area contributed by atoms with Crippen molar-refractivity contribution in [3.05, 3.63) is 46.9 Å². The van der Waals surface area contributed by atoms with Crippen LogP contribution < -0.4 is 14.2 Å². The Kier molecular flexibility index (Phi) is 6.87. The Bertz CT molecular complexity index is 1200. The van der Waals surface area contributed by atoms with Gasteiger partial charge in [-0.15, -0.1) is 0 Å². The Hall–Kier alpha value is -2.08. The van der Waals surface area contributed by atoms with Crippen LogP contribution in [0.2, 0.25) is 9.73 Å². The zero-order chi connectivity index (χ0) is 23.7. The number of likely N-dealkylation sites (tertiary alicyclic amines) is 1. The number of fused-ring (bicyclic) bond motifs is 2. The molecule has 3 aromatic rings. The van der Waals surface area contributed by atoms with Crippen LogP contribution in [0.3, 0.4) is 0 Å². The van der Waals surface area contributed by atoms with Gasteiger partial charge in [-0.25, -0.2) is 0 Å². The van der Waals surface area contributed by atoms with E-state index in [0.29, 0.717) is 30.2 Å². The molecular formula is C25H31AsClN4O3+. The van der Waals surface area contributed by atoms with E-state index in [1.54, 1.807) is 13.3 Å². The van der Waals surface area contributed by atoms with Gasteiger partial charge in [0.1, 0.15) is 0 Å². The monoisotopic (exact) mass is 545 g/mol. The van der Waals surface area contributed by atoms with Crippen LogP contribution in [-0.2, 0) is 13.0 Å². The first-order valence-corrected chi connectivity index (χ1v) is 13.6. The van der Waals surface area contributed by atoms with E-state index < -0.39 is 0 Å². The van der Waals surface area contributed by atoms with Crippen molar-refractivity contribution in [2.75, 3.05) is 33.9 Å². The van der Waals surface area contributed by atoms with Gasteiger partial charge in [-0.1, -0.05) is 0 Å². The summed E-state index contributed by atoms with van der Waals surface area (Å²) in [7, 11) is 4.01. The standard InChI is InChI=1S/C25H31AsClN4O3/c1-31(15-17-11-22-23(13-28-17)34-10-9-33-22)14-16(26)3-4-18(31)5-6-19-20(27)12-29-21-7-8-24(32-2)30-25(19)21/h7-8,11-13,16,18H,3-6,9-10,14-15,26H2,1-2H3/q+1/t16-,18+,31?/m1/s1.